The Kier molecular flexibility index (Phi) is 14.4. The van der Waals surface area contributed by atoms with Crippen LogP contribution in [0.1, 0.15) is 27.7 Å². The Morgan fingerprint density at radius 1 is 0.727 bits per heavy atom. The van der Waals surface area contributed by atoms with E-state index in [2.05, 4.69) is 5.32 Å². The van der Waals surface area contributed by atoms with Crippen LogP contribution in [0.15, 0.2) is 60.7 Å². The molecule has 0 amide bonds. The zero-order chi connectivity index (χ0) is 17.4. The summed E-state index contributed by atoms with van der Waals surface area (Å²) in [6.07, 6.45) is 0.604. The molecule has 0 spiro atoms. The smallest absolute Gasteiger partial charge is 0.0916 e. The van der Waals surface area contributed by atoms with E-state index in [-0.39, 0.29) is 0 Å². The highest BCUT2D eigenvalue weighted by Crippen LogP contribution is 2.14. The van der Waals surface area contributed by atoms with Crippen molar-refractivity contribution in [3.63, 3.8) is 0 Å². The number of hydrogen-bond donors (Lipinski definition) is 1. The summed E-state index contributed by atoms with van der Waals surface area (Å²) in [5, 5.41) is 3.30. The lowest BCUT2D eigenvalue weighted by atomic mass is 10.3. The Bertz CT molecular complexity index is 509. The van der Waals surface area contributed by atoms with Gasteiger partial charge in [-0.05, 0) is 24.3 Å². The number of nitrogens with one attached hydrogen (secondary N) is 1. The molecule has 0 aliphatic heterocycles. The summed E-state index contributed by atoms with van der Waals surface area (Å²) in [5.74, 6) is 0. The first-order valence-corrected chi connectivity index (χ1v) is 9.05. The Hall–Kier alpha value is -1.85. The molecule has 22 heavy (non-hydrogen) atoms. The van der Waals surface area contributed by atoms with Crippen LogP contribution in [0.25, 0.3) is 0 Å². The molecule has 0 unspecified atom stereocenters. The third-order valence-electron chi connectivity index (χ3n) is 1.84. The molecule has 0 atom stereocenters. The van der Waals surface area contributed by atoms with Gasteiger partial charge in [0, 0.05) is 17.6 Å². The first-order valence-electron chi connectivity index (χ1n) is 7.23. The second-order valence-electron chi connectivity index (χ2n) is 3.56. The van der Waals surface area contributed by atoms with E-state index in [4.69, 9.17) is 13.0 Å². The van der Waals surface area contributed by atoms with Crippen LogP contribution >= 0.6 is 0 Å². The Morgan fingerprint density at radius 2 is 0.955 bits per heavy atom. The van der Waals surface area contributed by atoms with Crippen molar-refractivity contribution in [2.75, 3.05) is 11.6 Å². The summed E-state index contributed by atoms with van der Waals surface area (Å²) in [6, 6.07) is 20.3. The van der Waals surface area contributed by atoms with Crippen LogP contribution in [0, 0.1) is 0 Å². The van der Waals surface area contributed by atoms with E-state index in [1.165, 1.54) is 0 Å². The molecule has 124 valence electrons. The molecule has 0 radical (unpaired) electrons. The number of anilines is 2. The van der Waals surface area contributed by atoms with Crippen molar-refractivity contribution in [1.82, 2.24) is 0 Å². The summed E-state index contributed by atoms with van der Waals surface area (Å²) in [7, 11) is -3.92. The van der Waals surface area contributed by atoms with Gasteiger partial charge in [-0.15, -0.1) is 0 Å². The minimum atomic E-state index is -3.92. The van der Waals surface area contributed by atoms with Gasteiger partial charge in [-0.25, -0.2) is 8.42 Å². The van der Waals surface area contributed by atoms with Crippen molar-refractivity contribution >= 4 is 21.5 Å². The van der Waals surface area contributed by atoms with Crippen LogP contribution in [0.3, 0.4) is 0 Å². The molecule has 0 aromatic heterocycles. The second-order valence-corrected chi connectivity index (χ2v) is 4.97. The fourth-order valence-corrected chi connectivity index (χ4v) is 1.21. The highest BCUT2D eigenvalue weighted by atomic mass is 32.2. The fourth-order valence-electron chi connectivity index (χ4n) is 1.21. The van der Waals surface area contributed by atoms with Gasteiger partial charge in [-0.1, -0.05) is 64.1 Å². The Balaban J connectivity index is 0. The van der Waals surface area contributed by atoms with Gasteiger partial charge in [0.1, 0.15) is 0 Å². The molecule has 0 fully saturated rings. The van der Waals surface area contributed by atoms with E-state index in [0.29, 0.717) is 6.26 Å². The highest BCUT2D eigenvalue weighted by Gasteiger charge is 1.89. The van der Waals surface area contributed by atoms with Crippen LogP contribution in [0.4, 0.5) is 11.4 Å². The Morgan fingerprint density at radius 3 is 1.18 bits per heavy atom. The van der Waals surface area contributed by atoms with Gasteiger partial charge in [0.25, 0.3) is 0 Å². The Labute approximate surface area is 135 Å². The molecule has 4 nitrogen and oxygen atoms in total. The predicted molar refractivity (Wildman–Crippen MR) is 94.5 cm³/mol. The monoisotopic (exact) mass is 324 g/mol. The molecular formula is C17H26NO3S-. The summed E-state index contributed by atoms with van der Waals surface area (Å²) in [4.78, 5) is 0. The molecule has 0 aliphatic rings. The summed E-state index contributed by atoms with van der Waals surface area (Å²) >= 11 is 0. The van der Waals surface area contributed by atoms with E-state index < -0.39 is 10.1 Å². The van der Waals surface area contributed by atoms with Crippen molar-refractivity contribution in [3.8, 4) is 0 Å². The second kappa shape index (κ2) is 14.1. The third-order valence-corrected chi connectivity index (χ3v) is 1.84. The number of para-hydroxylation sites is 2. The van der Waals surface area contributed by atoms with Gasteiger partial charge in [-0.3, -0.25) is 0 Å². The number of benzene rings is 2. The van der Waals surface area contributed by atoms with E-state index in [9.17, 15) is 0 Å². The number of hydrogen-bond acceptors (Lipinski definition) is 4. The van der Waals surface area contributed by atoms with Crippen LogP contribution in [0.2, 0.25) is 0 Å². The minimum absolute atomic E-state index is 0.604. The average Bonchev–Trinajstić information content (AvgIpc) is 2.52. The lowest BCUT2D eigenvalue weighted by Gasteiger charge is -2.04. The normalized spacial score (nSPS) is 8.82. The van der Waals surface area contributed by atoms with Crippen molar-refractivity contribution in [3.05, 3.63) is 60.7 Å². The lowest BCUT2D eigenvalue weighted by Crippen LogP contribution is -1.88. The SMILES string of the molecule is CC.CC.CS(=O)(=O)[O-].c1ccc(Nc2ccccc2)cc1. The molecule has 2 aromatic carbocycles. The van der Waals surface area contributed by atoms with Crippen molar-refractivity contribution < 1.29 is 13.0 Å². The molecule has 5 heteroatoms. The molecule has 2 aromatic rings. The molecule has 1 N–H and O–H groups in total. The highest BCUT2D eigenvalue weighted by molar-refractivity contribution is 7.84. The summed E-state index contributed by atoms with van der Waals surface area (Å²) in [5.41, 5.74) is 2.24. The van der Waals surface area contributed by atoms with Crippen LogP contribution in [0.5, 0.6) is 0 Å². The zero-order valence-corrected chi connectivity index (χ0v) is 14.7. The van der Waals surface area contributed by atoms with Gasteiger partial charge in [0.05, 0.1) is 10.1 Å². The maximum Gasteiger partial charge on any atom is 0.0916 e. The van der Waals surface area contributed by atoms with Gasteiger partial charge in [0.2, 0.25) is 0 Å². The summed E-state index contributed by atoms with van der Waals surface area (Å²) in [6.45, 7) is 8.00. The molecule has 2 rings (SSSR count). The molecule has 0 aliphatic carbocycles. The third kappa shape index (κ3) is 16.2. The molecule has 0 heterocycles. The minimum Gasteiger partial charge on any atom is -0.748 e. The fraction of sp³-hybridized carbons (Fsp3) is 0.294. The van der Waals surface area contributed by atoms with Gasteiger partial charge < -0.3 is 9.87 Å². The maximum absolute atomic E-state index is 9.08. The van der Waals surface area contributed by atoms with Crippen molar-refractivity contribution in [2.45, 2.75) is 27.7 Å². The molecular weight excluding hydrogens is 298 g/mol. The first-order chi connectivity index (χ1) is 10.4. The zero-order valence-electron chi connectivity index (χ0n) is 13.9. The van der Waals surface area contributed by atoms with E-state index in [1.807, 2.05) is 88.4 Å². The van der Waals surface area contributed by atoms with E-state index in [0.717, 1.165) is 11.4 Å². The standard InChI is InChI=1S/C12H11N.2C2H6.CH4O3S/c1-3-7-11(8-4-1)13-12-9-5-2-6-10-12;2*1-2;1-5(2,3)4/h1-10,13H;2*1-2H3;1H3,(H,2,3,4)/p-1. The topological polar surface area (TPSA) is 69.2 Å². The molecule has 0 bridgehead atoms. The quantitative estimate of drug-likeness (QED) is 0.817. The first kappa shape index (κ1) is 22.4. The molecule has 0 saturated heterocycles. The average molecular weight is 324 g/mol. The van der Waals surface area contributed by atoms with E-state index in [1.54, 1.807) is 0 Å². The van der Waals surface area contributed by atoms with Gasteiger partial charge >= 0.3 is 0 Å². The lowest BCUT2D eigenvalue weighted by molar-refractivity contribution is 0.470. The van der Waals surface area contributed by atoms with Crippen LogP contribution in [-0.4, -0.2) is 19.2 Å². The van der Waals surface area contributed by atoms with E-state index >= 15 is 0 Å². The maximum atomic E-state index is 9.08. The van der Waals surface area contributed by atoms with Crippen LogP contribution < -0.4 is 5.32 Å². The van der Waals surface area contributed by atoms with Crippen molar-refractivity contribution in [1.29, 1.82) is 0 Å². The van der Waals surface area contributed by atoms with Crippen molar-refractivity contribution in [2.24, 2.45) is 0 Å². The predicted octanol–water partition coefficient (Wildman–Crippen LogP) is 4.64. The summed E-state index contributed by atoms with van der Waals surface area (Å²) < 4.78 is 27.2. The van der Waals surface area contributed by atoms with Crippen LogP contribution in [-0.2, 0) is 10.1 Å². The van der Waals surface area contributed by atoms with Gasteiger partial charge in [0.15, 0.2) is 0 Å². The number of rotatable bonds is 2. The largest absolute Gasteiger partial charge is 0.748 e. The molecule has 0 saturated carbocycles. The van der Waals surface area contributed by atoms with Gasteiger partial charge in [-0.2, -0.15) is 0 Å².